The molecule has 0 spiro atoms. The fourth-order valence-electron chi connectivity index (χ4n) is 2.17. The number of nitrogens with zero attached hydrogens (tertiary/aromatic N) is 1. The standard InChI is InChI=1S/C16H14N2O3S2/c1-9-7-22-16(17-9)23-8-11-5-15(20)21-14-6-12(18-10(2)19)3-4-13(11)14/h3-7H,8H2,1-2H3,(H,18,19). The van der Waals surface area contributed by atoms with Crippen LogP contribution in [0.4, 0.5) is 5.69 Å². The maximum Gasteiger partial charge on any atom is 0.336 e. The number of fused-ring (bicyclic) bond motifs is 1. The fraction of sp³-hybridized carbons (Fsp3) is 0.188. The van der Waals surface area contributed by atoms with E-state index in [2.05, 4.69) is 10.3 Å². The van der Waals surface area contributed by atoms with Crippen LogP contribution in [0.15, 0.2) is 43.2 Å². The van der Waals surface area contributed by atoms with E-state index in [0.717, 1.165) is 21.0 Å². The molecule has 7 heteroatoms. The van der Waals surface area contributed by atoms with Crippen LogP contribution in [0, 0.1) is 6.92 Å². The van der Waals surface area contributed by atoms with Crippen molar-refractivity contribution >= 4 is 45.7 Å². The zero-order valence-corrected chi connectivity index (χ0v) is 14.2. The Balaban J connectivity index is 1.93. The average molecular weight is 346 g/mol. The topological polar surface area (TPSA) is 72.2 Å². The molecule has 5 nitrogen and oxygen atoms in total. The van der Waals surface area contributed by atoms with Crippen LogP contribution in [0.25, 0.3) is 11.0 Å². The van der Waals surface area contributed by atoms with Gasteiger partial charge in [0.15, 0.2) is 0 Å². The van der Waals surface area contributed by atoms with Gasteiger partial charge in [-0.15, -0.1) is 11.3 Å². The molecule has 0 bridgehead atoms. The summed E-state index contributed by atoms with van der Waals surface area (Å²) in [5, 5.41) is 5.54. The second-order valence-corrected chi connectivity index (χ2v) is 7.11. The Morgan fingerprint density at radius 3 is 2.91 bits per heavy atom. The van der Waals surface area contributed by atoms with Crippen LogP contribution >= 0.6 is 23.1 Å². The van der Waals surface area contributed by atoms with Gasteiger partial charge >= 0.3 is 5.63 Å². The molecular formula is C16H14N2O3S2. The van der Waals surface area contributed by atoms with Gasteiger partial charge in [-0.25, -0.2) is 9.78 Å². The van der Waals surface area contributed by atoms with Crippen LogP contribution in [0.5, 0.6) is 0 Å². The number of anilines is 1. The normalized spacial score (nSPS) is 10.9. The van der Waals surface area contributed by atoms with E-state index in [0.29, 0.717) is 17.0 Å². The number of carbonyl (C=O) groups excluding carboxylic acids is 1. The predicted octanol–water partition coefficient (Wildman–Crippen LogP) is 3.81. The molecule has 1 aromatic carbocycles. The summed E-state index contributed by atoms with van der Waals surface area (Å²) in [6.45, 7) is 3.39. The van der Waals surface area contributed by atoms with Gasteiger partial charge < -0.3 is 9.73 Å². The summed E-state index contributed by atoms with van der Waals surface area (Å²) in [7, 11) is 0. The summed E-state index contributed by atoms with van der Waals surface area (Å²) >= 11 is 3.18. The summed E-state index contributed by atoms with van der Waals surface area (Å²) < 4.78 is 6.22. The Bertz CT molecular complexity index is 930. The van der Waals surface area contributed by atoms with E-state index in [1.54, 1.807) is 35.2 Å². The minimum absolute atomic E-state index is 0.169. The third-order valence-electron chi connectivity index (χ3n) is 3.10. The van der Waals surface area contributed by atoms with Gasteiger partial charge in [0.05, 0.1) is 0 Å². The number of benzene rings is 1. The van der Waals surface area contributed by atoms with E-state index in [1.807, 2.05) is 18.4 Å². The number of thioether (sulfide) groups is 1. The number of thiazole rings is 1. The number of aromatic nitrogens is 1. The second-order valence-electron chi connectivity index (χ2n) is 5.03. The lowest BCUT2D eigenvalue weighted by Gasteiger charge is -2.07. The molecule has 0 fully saturated rings. The Kier molecular flexibility index (Phi) is 4.49. The van der Waals surface area contributed by atoms with Crippen LogP contribution in [0.3, 0.4) is 0 Å². The molecule has 23 heavy (non-hydrogen) atoms. The largest absolute Gasteiger partial charge is 0.423 e. The monoisotopic (exact) mass is 346 g/mol. The zero-order valence-electron chi connectivity index (χ0n) is 12.6. The highest BCUT2D eigenvalue weighted by Crippen LogP contribution is 2.29. The maximum absolute atomic E-state index is 11.8. The molecule has 1 amide bonds. The van der Waals surface area contributed by atoms with Gasteiger partial charge in [0.25, 0.3) is 0 Å². The molecule has 0 radical (unpaired) electrons. The lowest BCUT2D eigenvalue weighted by molar-refractivity contribution is -0.114. The molecular weight excluding hydrogens is 332 g/mol. The van der Waals surface area contributed by atoms with Crippen LogP contribution < -0.4 is 10.9 Å². The quantitative estimate of drug-likeness (QED) is 0.574. The van der Waals surface area contributed by atoms with E-state index >= 15 is 0 Å². The number of nitrogens with one attached hydrogen (secondary N) is 1. The number of carbonyl (C=O) groups is 1. The van der Waals surface area contributed by atoms with Crippen molar-refractivity contribution in [2.45, 2.75) is 23.9 Å². The number of hydrogen-bond donors (Lipinski definition) is 1. The van der Waals surface area contributed by atoms with Crippen molar-refractivity contribution in [2.75, 3.05) is 5.32 Å². The first kappa shape index (κ1) is 15.8. The molecule has 2 heterocycles. The van der Waals surface area contributed by atoms with E-state index in [-0.39, 0.29) is 5.91 Å². The molecule has 0 aliphatic rings. The van der Waals surface area contributed by atoms with Gasteiger partial charge in [0.2, 0.25) is 5.91 Å². The highest BCUT2D eigenvalue weighted by atomic mass is 32.2. The van der Waals surface area contributed by atoms with Crippen LogP contribution in [0.2, 0.25) is 0 Å². The molecule has 3 aromatic rings. The molecule has 0 atom stereocenters. The first-order valence-electron chi connectivity index (χ1n) is 6.90. The minimum atomic E-state index is -0.400. The summed E-state index contributed by atoms with van der Waals surface area (Å²) in [6, 6.07) is 6.83. The van der Waals surface area contributed by atoms with E-state index in [1.165, 1.54) is 13.0 Å². The lowest BCUT2D eigenvalue weighted by Crippen LogP contribution is -2.06. The van der Waals surface area contributed by atoms with Crippen molar-refractivity contribution in [3.05, 3.63) is 51.3 Å². The Morgan fingerprint density at radius 1 is 1.39 bits per heavy atom. The van der Waals surface area contributed by atoms with E-state index < -0.39 is 5.63 Å². The van der Waals surface area contributed by atoms with Gasteiger partial charge in [-0.3, -0.25) is 4.79 Å². The fourth-order valence-corrected chi connectivity index (χ4v) is 4.01. The Morgan fingerprint density at radius 2 is 2.22 bits per heavy atom. The van der Waals surface area contributed by atoms with Crippen molar-refractivity contribution in [1.82, 2.24) is 4.98 Å². The SMILES string of the molecule is CC(=O)Nc1ccc2c(CSc3nc(C)cs3)cc(=O)oc2c1. The number of rotatable bonds is 4. The number of hydrogen-bond acceptors (Lipinski definition) is 6. The summed E-state index contributed by atoms with van der Waals surface area (Å²) in [5.74, 6) is 0.465. The molecule has 3 rings (SSSR count). The van der Waals surface area contributed by atoms with Crippen molar-refractivity contribution in [1.29, 1.82) is 0 Å². The molecule has 0 saturated carbocycles. The molecule has 0 saturated heterocycles. The van der Waals surface area contributed by atoms with Gasteiger partial charge in [-0.05, 0) is 24.6 Å². The van der Waals surface area contributed by atoms with Crippen molar-refractivity contribution in [3.8, 4) is 0 Å². The van der Waals surface area contributed by atoms with Crippen molar-refractivity contribution in [2.24, 2.45) is 0 Å². The van der Waals surface area contributed by atoms with Gasteiger partial charge in [0.1, 0.15) is 9.92 Å². The Hall–Kier alpha value is -2.12. The van der Waals surface area contributed by atoms with Crippen LogP contribution in [-0.2, 0) is 10.5 Å². The summed E-state index contributed by atoms with van der Waals surface area (Å²) in [4.78, 5) is 27.3. The lowest BCUT2D eigenvalue weighted by atomic mass is 10.1. The van der Waals surface area contributed by atoms with Crippen LogP contribution in [-0.4, -0.2) is 10.9 Å². The third-order valence-corrected chi connectivity index (χ3v) is 5.29. The van der Waals surface area contributed by atoms with E-state index in [4.69, 9.17) is 4.42 Å². The molecule has 0 aliphatic heterocycles. The zero-order chi connectivity index (χ0) is 16.4. The van der Waals surface area contributed by atoms with Gasteiger partial charge in [0, 0.05) is 47.0 Å². The third kappa shape index (κ3) is 3.80. The predicted molar refractivity (Wildman–Crippen MR) is 93.2 cm³/mol. The summed E-state index contributed by atoms with van der Waals surface area (Å²) in [5.41, 5.74) is 2.56. The van der Waals surface area contributed by atoms with Gasteiger partial charge in [-0.1, -0.05) is 11.8 Å². The minimum Gasteiger partial charge on any atom is -0.423 e. The molecule has 0 unspecified atom stereocenters. The molecule has 2 aromatic heterocycles. The van der Waals surface area contributed by atoms with E-state index in [9.17, 15) is 9.59 Å². The molecule has 0 aliphatic carbocycles. The molecule has 1 N–H and O–H groups in total. The number of aryl methyl sites for hydroxylation is 1. The average Bonchev–Trinajstić information content (AvgIpc) is 2.89. The molecule has 118 valence electrons. The van der Waals surface area contributed by atoms with Gasteiger partial charge in [-0.2, -0.15) is 0 Å². The van der Waals surface area contributed by atoms with Crippen molar-refractivity contribution in [3.63, 3.8) is 0 Å². The Labute approximate surface area is 140 Å². The first-order chi connectivity index (χ1) is 11.0. The highest BCUT2D eigenvalue weighted by molar-refractivity contribution is 8.00. The highest BCUT2D eigenvalue weighted by Gasteiger charge is 2.09. The smallest absolute Gasteiger partial charge is 0.336 e. The summed E-state index contributed by atoms with van der Waals surface area (Å²) in [6.07, 6.45) is 0. The maximum atomic E-state index is 11.8. The van der Waals surface area contributed by atoms with Crippen molar-refractivity contribution < 1.29 is 9.21 Å². The second kappa shape index (κ2) is 6.55. The first-order valence-corrected chi connectivity index (χ1v) is 8.77. The number of amides is 1. The van der Waals surface area contributed by atoms with Crippen LogP contribution in [0.1, 0.15) is 18.2 Å².